The van der Waals surface area contributed by atoms with Gasteiger partial charge < -0.3 is 29.4 Å². The summed E-state index contributed by atoms with van der Waals surface area (Å²) >= 11 is 0. The van der Waals surface area contributed by atoms with Gasteiger partial charge in [0.1, 0.15) is 0 Å². The SMILES string of the molecule is O=P1([O-])OP(=O)([O-])OP(=O)([O-])OP(=O)([O-])OP(=O)([O-])OP(=O)([O-])O1.[Cu+2].[Cu+2].[Cu+2]. The zero-order chi connectivity index (χ0) is 19.2. The Labute approximate surface area is 180 Å². The van der Waals surface area contributed by atoms with Crippen LogP contribution in [0.3, 0.4) is 0 Å². The van der Waals surface area contributed by atoms with Crippen molar-refractivity contribution in [3.63, 3.8) is 0 Å². The summed E-state index contributed by atoms with van der Waals surface area (Å²) in [6.45, 7) is 0. The zero-order valence-electron chi connectivity index (χ0n) is 10.9. The van der Waals surface area contributed by atoms with E-state index in [1.807, 2.05) is 0 Å². The molecule has 0 aliphatic carbocycles. The molecule has 27 heteroatoms. The maximum absolute atomic E-state index is 11.0. The van der Waals surface area contributed by atoms with Crippen molar-refractivity contribution in [2.75, 3.05) is 0 Å². The maximum atomic E-state index is 11.0. The summed E-state index contributed by atoms with van der Waals surface area (Å²) in [5.74, 6) is 0. The van der Waals surface area contributed by atoms with Crippen LogP contribution < -0.4 is 29.4 Å². The van der Waals surface area contributed by atoms with Crippen LogP contribution in [0.25, 0.3) is 0 Å². The Balaban J connectivity index is -0.00000192. The Hall–Kier alpha value is 2.46. The van der Waals surface area contributed by atoms with Gasteiger partial charge in [-0.25, -0.2) is 25.9 Å². The summed E-state index contributed by atoms with van der Waals surface area (Å²) in [6, 6.07) is 0. The second-order valence-corrected chi connectivity index (χ2v) is 12.5. The van der Waals surface area contributed by atoms with Gasteiger partial charge in [-0.1, -0.05) is 0 Å². The van der Waals surface area contributed by atoms with Crippen LogP contribution in [-0.2, 0) is 104 Å². The predicted molar refractivity (Wildman–Crippen MR) is 52.1 cm³/mol. The molecule has 0 saturated carbocycles. The number of rotatable bonds is 0. The first-order valence-electron chi connectivity index (χ1n) is 4.38. The van der Waals surface area contributed by atoms with Crippen LogP contribution in [-0.4, -0.2) is 0 Å². The van der Waals surface area contributed by atoms with E-state index in [2.05, 4.69) is 25.9 Å². The zero-order valence-corrected chi connectivity index (χ0v) is 19.1. The average molecular weight is 664 g/mol. The molecule has 0 spiro atoms. The van der Waals surface area contributed by atoms with Gasteiger partial charge in [-0.15, -0.1) is 0 Å². The second kappa shape index (κ2) is 10.9. The van der Waals surface area contributed by atoms with E-state index in [0.717, 1.165) is 0 Å². The van der Waals surface area contributed by atoms with Crippen molar-refractivity contribution >= 4 is 46.9 Å². The molecule has 0 aromatic rings. The van der Waals surface area contributed by atoms with Gasteiger partial charge in [-0.3, -0.25) is 27.4 Å². The standard InChI is InChI=1S/3Cu.H6O18P6/c;;;1-19(2)13-20(3,4)15-22(7,8)17-24(11,12)18-23(9,10)16-21(5,6)14-19/h;;;(H,1,2)(H,3,4)(H,5,6)(H,7,8)(H,9,10)(H,11,12)/q3*+2;/p-6. The van der Waals surface area contributed by atoms with Gasteiger partial charge in [0.25, 0.3) is 46.9 Å². The molecule has 0 N–H and O–H groups in total. The molecule has 27 heavy (non-hydrogen) atoms. The maximum Gasteiger partial charge on any atom is 2.00 e. The number of hydrogen-bond donors (Lipinski definition) is 0. The van der Waals surface area contributed by atoms with Gasteiger partial charge in [0.15, 0.2) is 0 Å². The van der Waals surface area contributed by atoms with Gasteiger partial charge in [0.2, 0.25) is 0 Å². The van der Waals surface area contributed by atoms with E-state index >= 15 is 0 Å². The van der Waals surface area contributed by atoms with Crippen LogP contribution in [0.1, 0.15) is 0 Å². The van der Waals surface area contributed by atoms with Crippen molar-refractivity contribution in [1.29, 1.82) is 0 Å². The molecule has 3 radical (unpaired) electrons. The summed E-state index contributed by atoms with van der Waals surface area (Å²) in [5, 5.41) is 0. The van der Waals surface area contributed by atoms with Gasteiger partial charge in [-0.2, -0.15) is 0 Å². The fourth-order valence-corrected chi connectivity index (χ4v) is 9.03. The van der Waals surface area contributed by atoms with Crippen LogP contribution in [0.4, 0.5) is 0 Å². The van der Waals surface area contributed by atoms with Crippen molar-refractivity contribution in [3.8, 4) is 0 Å². The third-order valence-electron chi connectivity index (χ3n) is 1.20. The molecule has 1 aliphatic rings. The molecular weight excluding hydrogens is 664 g/mol. The molecule has 1 rings (SSSR count). The van der Waals surface area contributed by atoms with Crippen LogP contribution >= 0.6 is 46.9 Å². The van der Waals surface area contributed by atoms with Gasteiger partial charge >= 0.3 is 51.2 Å². The number of hydrogen-bond acceptors (Lipinski definition) is 18. The molecular formula is Cu3O18P6. The largest absolute Gasteiger partial charge is 2.00 e. The molecule has 0 amide bonds. The van der Waals surface area contributed by atoms with Gasteiger partial charge in [0.05, 0.1) is 0 Å². The van der Waals surface area contributed by atoms with Crippen LogP contribution in [0.2, 0.25) is 0 Å². The molecule has 0 unspecified atom stereocenters. The summed E-state index contributed by atoms with van der Waals surface area (Å²) in [7, 11) is -39.3. The molecule has 18 nitrogen and oxygen atoms in total. The normalized spacial score (nSPS) is 49.1. The summed E-state index contributed by atoms with van der Waals surface area (Å²) in [4.78, 5) is 65.8. The first-order chi connectivity index (χ1) is 10.2. The summed E-state index contributed by atoms with van der Waals surface area (Å²) in [5.41, 5.74) is 0. The van der Waals surface area contributed by atoms with Crippen molar-refractivity contribution in [2.24, 2.45) is 0 Å². The minimum absolute atomic E-state index is 0. The average Bonchev–Trinajstić information content (AvgIpc) is 1.98. The molecule has 0 atom stereocenters. The molecule has 1 fully saturated rings. The third-order valence-corrected chi connectivity index (χ3v) is 10.8. The molecule has 1 heterocycles. The predicted octanol–water partition coefficient (Wildman–Crippen LogP) is -3.10. The quantitative estimate of drug-likeness (QED) is 0.183. The monoisotopic (exact) mass is 663 g/mol. The minimum Gasteiger partial charge on any atom is -0.756 e. The van der Waals surface area contributed by atoms with Crippen LogP contribution in [0.15, 0.2) is 0 Å². The molecule has 1 saturated heterocycles. The van der Waals surface area contributed by atoms with E-state index in [9.17, 15) is 56.8 Å². The molecule has 0 bridgehead atoms. The van der Waals surface area contributed by atoms with Crippen LogP contribution in [0.5, 0.6) is 0 Å². The van der Waals surface area contributed by atoms with E-state index in [0.29, 0.717) is 0 Å². The second-order valence-electron chi connectivity index (χ2n) is 3.17. The fourth-order valence-electron chi connectivity index (χ4n) is 0.824. The van der Waals surface area contributed by atoms with E-state index < -0.39 is 46.9 Å². The minimum atomic E-state index is -6.56. The Kier molecular flexibility index (Phi) is 13.7. The topological polar surface area (TPSA) is 296 Å². The van der Waals surface area contributed by atoms with Crippen molar-refractivity contribution < 1.29 is 134 Å². The van der Waals surface area contributed by atoms with E-state index in [1.165, 1.54) is 0 Å². The summed E-state index contributed by atoms with van der Waals surface area (Å²) < 4.78 is 83.4. The van der Waals surface area contributed by atoms with Crippen molar-refractivity contribution in [3.05, 3.63) is 0 Å². The number of phosphoric acid groups is 6. The molecule has 0 aromatic heterocycles. The molecule has 171 valence electrons. The molecule has 1 aliphatic heterocycles. The van der Waals surface area contributed by atoms with E-state index in [1.54, 1.807) is 0 Å². The Morgan fingerprint density at radius 1 is 0.333 bits per heavy atom. The molecule has 0 aromatic carbocycles. The fraction of sp³-hybridized carbons (Fsp3) is 0. The first-order valence-corrected chi connectivity index (χ1v) is 13.1. The van der Waals surface area contributed by atoms with Crippen LogP contribution in [0, 0.1) is 0 Å². The Morgan fingerprint density at radius 2 is 0.407 bits per heavy atom. The van der Waals surface area contributed by atoms with Gasteiger partial charge in [0, 0.05) is 0 Å². The van der Waals surface area contributed by atoms with Crippen molar-refractivity contribution in [2.45, 2.75) is 0 Å². The van der Waals surface area contributed by atoms with E-state index in [-0.39, 0.29) is 51.2 Å². The first kappa shape index (κ1) is 34.1. The Bertz CT molecular complexity index is 588. The van der Waals surface area contributed by atoms with E-state index in [4.69, 9.17) is 0 Å². The Morgan fingerprint density at radius 3 is 0.481 bits per heavy atom. The smallest absolute Gasteiger partial charge is 0.756 e. The van der Waals surface area contributed by atoms with Crippen molar-refractivity contribution in [1.82, 2.24) is 0 Å². The summed E-state index contributed by atoms with van der Waals surface area (Å²) in [6.07, 6.45) is 0. The van der Waals surface area contributed by atoms with Gasteiger partial charge in [-0.05, 0) is 0 Å². The third kappa shape index (κ3) is 13.5.